The zero-order valence-electron chi connectivity index (χ0n) is 9.48. The van der Waals surface area contributed by atoms with Crippen LogP contribution >= 0.6 is 11.6 Å². The van der Waals surface area contributed by atoms with Gasteiger partial charge in [-0.05, 0) is 38.5 Å². The Kier molecular flexibility index (Phi) is 3.08. The van der Waals surface area contributed by atoms with Gasteiger partial charge in [-0.2, -0.15) is 0 Å². The van der Waals surface area contributed by atoms with Crippen LogP contribution < -0.4 is 10.6 Å². The highest BCUT2D eigenvalue weighted by atomic mass is 35.5. The molecule has 1 saturated heterocycles. The highest BCUT2D eigenvalue weighted by molar-refractivity contribution is 6.30. The lowest BCUT2D eigenvalue weighted by Crippen LogP contribution is -2.31. The third-order valence-corrected chi connectivity index (χ3v) is 3.11. The molecule has 1 unspecified atom stereocenters. The van der Waals surface area contributed by atoms with Gasteiger partial charge in [-0.25, -0.2) is 4.39 Å². The lowest BCUT2D eigenvalue weighted by atomic mass is 10.0. The molecule has 1 aromatic carbocycles. The van der Waals surface area contributed by atoms with Crippen molar-refractivity contribution < 1.29 is 4.39 Å². The second-order valence-corrected chi connectivity index (χ2v) is 5.37. The van der Waals surface area contributed by atoms with Crippen molar-refractivity contribution in [2.45, 2.75) is 31.8 Å². The van der Waals surface area contributed by atoms with Gasteiger partial charge in [-0.1, -0.05) is 11.6 Å². The summed E-state index contributed by atoms with van der Waals surface area (Å²) in [5, 5.41) is 7.12. The molecular weight excluding hydrogens is 227 g/mol. The van der Waals surface area contributed by atoms with E-state index < -0.39 is 0 Å². The number of anilines is 1. The van der Waals surface area contributed by atoms with Crippen molar-refractivity contribution in [2.75, 3.05) is 11.9 Å². The minimum Gasteiger partial charge on any atom is -0.379 e. The molecule has 1 aliphatic rings. The van der Waals surface area contributed by atoms with Gasteiger partial charge in [0, 0.05) is 23.1 Å². The number of hydrogen-bond acceptors (Lipinski definition) is 2. The Bertz CT molecular complexity index is 393. The summed E-state index contributed by atoms with van der Waals surface area (Å²) in [5.41, 5.74) is 0.601. The lowest BCUT2D eigenvalue weighted by Gasteiger charge is -2.18. The Hall–Kier alpha value is -0.800. The fourth-order valence-electron chi connectivity index (χ4n) is 2.09. The number of benzene rings is 1. The summed E-state index contributed by atoms with van der Waals surface area (Å²) < 4.78 is 13.5. The topological polar surface area (TPSA) is 24.1 Å². The quantitative estimate of drug-likeness (QED) is 0.833. The molecular formula is C12H16ClFN2. The molecule has 0 amide bonds. The van der Waals surface area contributed by atoms with E-state index >= 15 is 0 Å². The minimum atomic E-state index is -0.255. The maximum absolute atomic E-state index is 13.5. The first-order valence-electron chi connectivity index (χ1n) is 5.43. The number of rotatable bonds is 2. The van der Waals surface area contributed by atoms with Crippen molar-refractivity contribution in [1.29, 1.82) is 0 Å². The van der Waals surface area contributed by atoms with Gasteiger partial charge in [0.05, 0.1) is 5.69 Å². The molecule has 0 aliphatic carbocycles. The Morgan fingerprint density at radius 1 is 1.50 bits per heavy atom. The monoisotopic (exact) mass is 242 g/mol. The largest absolute Gasteiger partial charge is 0.379 e. The van der Waals surface area contributed by atoms with Crippen molar-refractivity contribution in [2.24, 2.45) is 0 Å². The van der Waals surface area contributed by atoms with Crippen LogP contribution in [0.3, 0.4) is 0 Å². The molecule has 0 bridgehead atoms. The molecule has 1 fully saturated rings. The molecule has 1 aliphatic heterocycles. The molecule has 1 heterocycles. The summed E-state index contributed by atoms with van der Waals surface area (Å²) in [6.45, 7) is 5.13. The zero-order chi connectivity index (χ0) is 11.8. The van der Waals surface area contributed by atoms with E-state index in [2.05, 4.69) is 24.5 Å². The van der Waals surface area contributed by atoms with Gasteiger partial charge in [-0.3, -0.25) is 0 Å². The minimum absolute atomic E-state index is 0.118. The van der Waals surface area contributed by atoms with Crippen LogP contribution in [0.2, 0.25) is 5.02 Å². The first kappa shape index (κ1) is 11.7. The van der Waals surface area contributed by atoms with Gasteiger partial charge in [0.15, 0.2) is 0 Å². The van der Waals surface area contributed by atoms with Gasteiger partial charge in [0.1, 0.15) is 5.82 Å². The predicted molar refractivity (Wildman–Crippen MR) is 65.5 cm³/mol. The van der Waals surface area contributed by atoms with Crippen molar-refractivity contribution in [1.82, 2.24) is 5.32 Å². The van der Waals surface area contributed by atoms with E-state index in [9.17, 15) is 4.39 Å². The van der Waals surface area contributed by atoms with Gasteiger partial charge < -0.3 is 10.6 Å². The Morgan fingerprint density at radius 2 is 2.25 bits per heavy atom. The van der Waals surface area contributed by atoms with Crippen molar-refractivity contribution in [3.63, 3.8) is 0 Å². The smallest absolute Gasteiger partial charge is 0.146 e. The van der Waals surface area contributed by atoms with Crippen molar-refractivity contribution >= 4 is 17.3 Å². The molecule has 1 aromatic rings. The standard InChI is InChI=1S/C12H16ClFN2/c1-12(2)6-9(7-15-12)16-11-5-8(13)3-4-10(11)14/h3-5,9,15-16H,6-7H2,1-2H3. The SMILES string of the molecule is CC1(C)CC(Nc2cc(Cl)ccc2F)CN1. The lowest BCUT2D eigenvalue weighted by molar-refractivity contribution is 0.457. The van der Waals surface area contributed by atoms with Gasteiger partial charge in [0.25, 0.3) is 0 Å². The van der Waals surface area contributed by atoms with Crippen molar-refractivity contribution in [3.05, 3.63) is 29.0 Å². The summed E-state index contributed by atoms with van der Waals surface area (Å²) in [6.07, 6.45) is 0.971. The number of hydrogen-bond donors (Lipinski definition) is 2. The van der Waals surface area contributed by atoms with Gasteiger partial charge in [-0.15, -0.1) is 0 Å². The Morgan fingerprint density at radius 3 is 2.88 bits per heavy atom. The molecule has 2 N–H and O–H groups in total. The Labute approximate surface area is 100 Å². The first-order valence-corrected chi connectivity index (χ1v) is 5.81. The van der Waals surface area contributed by atoms with Crippen molar-refractivity contribution in [3.8, 4) is 0 Å². The highest BCUT2D eigenvalue weighted by Crippen LogP contribution is 2.24. The zero-order valence-corrected chi connectivity index (χ0v) is 10.2. The maximum Gasteiger partial charge on any atom is 0.146 e. The van der Waals surface area contributed by atoms with E-state index in [1.807, 2.05) is 0 Å². The molecule has 2 nitrogen and oxygen atoms in total. The molecule has 1 atom stereocenters. The summed E-state index contributed by atoms with van der Waals surface area (Å²) >= 11 is 5.84. The summed E-state index contributed by atoms with van der Waals surface area (Å²) in [5.74, 6) is -0.255. The maximum atomic E-state index is 13.5. The molecule has 0 radical (unpaired) electrons. The van der Waals surface area contributed by atoms with Gasteiger partial charge in [0.2, 0.25) is 0 Å². The average molecular weight is 243 g/mol. The number of nitrogens with one attached hydrogen (secondary N) is 2. The van der Waals surface area contributed by atoms with Crippen LogP contribution in [0.4, 0.5) is 10.1 Å². The number of halogens is 2. The molecule has 0 saturated carbocycles. The fourth-order valence-corrected chi connectivity index (χ4v) is 2.26. The van der Waals surface area contributed by atoms with E-state index in [0.717, 1.165) is 13.0 Å². The average Bonchev–Trinajstić information content (AvgIpc) is 2.52. The van der Waals surface area contributed by atoms with Crippen LogP contribution in [0, 0.1) is 5.82 Å². The van der Waals surface area contributed by atoms with Gasteiger partial charge >= 0.3 is 0 Å². The summed E-state index contributed by atoms with van der Waals surface area (Å²) in [7, 11) is 0. The van der Waals surface area contributed by atoms with E-state index in [1.54, 1.807) is 12.1 Å². The molecule has 0 aromatic heterocycles. The van der Waals surface area contributed by atoms with Crippen LogP contribution in [-0.2, 0) is 0 Å². The molecule has 0 spiro atoms. The molecule has 88 valence electrons. The predicted octanol–water partition coefficient (Wildman–Crippen LogP) is 3.03. The summed E-state index contributed by atoms with van der Waals surface area (Å²) in [4.78, 5) is 0. The second-order valence-electron chi connectivity index (χ2n) is 4.93. The first-order chi connectivity index (χ1) is 7.46. The summed E-state index contributed by atoms with van der Waals surface area (Å²) in [6, 6.07) is 4.82. The third-order valence-electron chi connectivity index (χ3n) is 2.87. The van der Waals surface area contributed by atoms with E-state index in [1.165, 1.54) is 6.07 Å². The molecule has 2 rings (SSSR count). The third kappa shape index (κ3) is 2.66. The second kappa shape index (κ2) is 4.22. The van der Waals surface area contributed by atoms with Crippen LogP contribution in [0.1, 0.15) is 20.3 Å². The normalized spacial score (nSPS) is 23.4. The molecule has 16 heavy (non-hydrogen) atoms. The highest BCUT2D eigenvalue weighted by Gasteiger charge is 2.30. The van der Waals surface area contributed by atoms with Crippen LogP contribution in [-0.4, -0.2) is 18.1 Å². The van der Waals surface area contributed by atoms with Crippen LogP contribution in [0.25, 0.3) is 0 Å². The van der Waals surface area contributed by atoms with E-state index in [4.69, 9.17) is 11.6 Å². The Balaban J connectivity index is 2.07. The fraction of sp³-hybridized carbons (Fsp3) is 0.500. The van der Waals surface area contributed by atoms with E-state index in [-0.39, 0.29) is 17.4 Å². The molecule has 4 heteroatoms. The van der Waals surface area contributed by atoms with E-state index in [0.29, 0.717) is 10.7 Å². The van der Waals surface area contributed by atoms with Crippen LogP contribution in [0.15, 0.2) is 18.2 Å². The van der Waals surface area contributed by atoms with Crippen LogP contribution in [0.5, 0.6) is 0 Å².